The molecule has 0 spiro atoms. The van der Waals surface area contributed by atoms with Crippen molar-refractivity contribution in [3.63, 3.8) is 0 Å². The number of nitrogens with zero attached hydrogens (tertiary/aromatic N) is 1. The van der Waals surface area contributed by atoms with Gasteiger partial charge in [0.1, 0.15) is 5.82 Å². The lowest BCUT2D eigenvalue weighted by Gasteiger charge is -2.11. The molecule has 0 bridgehead atoms. The van der Waals surface area contributed by atoms with E-state index in [4.69, 9.17) is 5.73 Å². The highest BCUT2D eigenvalue weighted by Gasteiger charge is 2.07. The summed E-state index contributed by atoms with van der Waals surface area (Å²) in [6.07, 6.45) is 2.79. The van der Waals surface area contributed by atoms with Gasteiger partial charge in [0, 0.05) is 22.9 Å². The molecule has 2 nitrogen and oxygen atoms in total. The van der Waals surface area contributed by atoms with Gasteiger partial charge in [0.25, 0.3) is 0 Å². The molecule has 0 amide bonds. The summed E-state index contributed by atoms with van der Waals surface area (Å²) >= 11 is 1.65. The highest BCUT2D eigenvalue weighted by molar-refractivity contribution is 7.99. The van der Waals surface area contributed by atoms with Crippen molar-refractivity contribution in [2.75, 3.05) is 5.75 Å². The van der Waals surface area contributed by atoms with Crippen LogP contribution in [-0.2, 0) is 0 Å². The van der Waals surface area contributed by atoms with Crippen LogP contribution in [0.3, 0.4) is 0 Å². The number of halogens is 1. The zero-order valence-corrected chi connectivity index (χ0v) is 10.0. The average molecular weight is 248 g/mol. The summed E-state index contributed by atoms with van der Waals surface area (Å²) in [6, 6.07) is 11.2. The van der Waals surface area contributed by atoms with Gasteiger partial charge in [0.15, 0.2) is 0 Å². The van der Waals surface area contributed by atoms with Gasteiger partial charge in [-0.1, -0.05) is 18.2 Å². The Kier molecular flexibility index (Phi) is 4.12. The van der Waals surface area contributed by atoms with Crippen molar-refractivity contribution in [1.82, 2.24) is 4.98 Å². The average Bonchev–Trinajstić information content (AvgIpc) is 2.37. The summed E-state index contributed by atoms with van der Waals surface area (Å²) in [5.74, 6) is 0.359. The lowest BCUT2D eigenvalue weighted by atomic mass is 10.1. The number of aromatic nitrogens is 1. The van der Waals surface area contributed by atoms with Crippen LogP contribution < -0.4 is 5.73 Å². The van der Waals surface area contributed by atoms with Gasteiger partial charge >= 0.3 is 0 Å². The molecule has 2 N–H and O–H groups in total. The predicted octanol–water partition coefficient (Wildman–Crippen LogP) is 3.01. The smallest absolute Gasteiger partial charge is 0.141 e. The van der Waals surface area contributed by atoms with E-state index >= 15 is 0 Å². The van der Waals surface area contributed by atoms with E-state index in [0.717, 1.165) is 10.5 Å². The summed E-state index contributed by atoms with van der Waals surface area (Å²) in [5, 5.41) is 0. The molecule has 1 aromatic heterocycles. The van der Waals surface area contributed by atoms with E-state index < -0.39 is 0 Å². The van der Waals surface area contributed by atoms with Gasteiger partial charge in [-0.05, 0) is 23.8 Å². The fourth-order valence-electron chi connectivity index (χ4n) is 1.43. The molecule has 1 heterocycles. The van der Waals surface area contributed by atoms with Crippen LogP contribution in [0.15, 0.2) is 53.7 Å². The molecule has 2 aromatic rings. The molecule has 2 rings (SSSR count). The van der Waals surface area contributed by atoms with Gasteiger partial charge in [-0.3, -0.25) is 4.98 Å². The third kappa shape index (κ3) is 3.54. The molecule has 1 aromatic carbocycles. The van der Waals surface area contributed by atoms with Crippen molar-refractivity contribution in [2.24, 2.45) is 5.73 Å². The molecular weight excluding hydrogens is 235 g/mol. The van der Waals surface area contributed by atoms with E-state index in [0.29, 0.717) is 5.75 Å². The second-order valence-electron chi connectivity index (χ2n) is 3.67. The van der Waals surface area contributed by atoms with Crippen molar-refractivity contribution in [1.29, 1.82) is 0 Å². The van der Waals surface area contributed by atoms with E-state index in [1.54, 1.807) is 18.0 Å². The van der Waals surface area contributed by atoms with Crippen LogP contribution in [0.4, 0.5) is 4.39 Å². The third-order valence-electron chi connectivity index (χ3n) is 2.33. The largest absolute Gasteiger partial charge is 0.323 e. The number of rotatable bonds is 4. The van der Waals surface area contributed by atoms with Crippen molar-refractivity contribution < 1.29 is 4.39 Å². The quantitative estimate of drug-likeness (QED) is 0.845. The molecule has 88 valence electrons. The molecule has 17 heavy (non-hydrogen) atoms. The van der Waals surface area contributed by atoms with Gasteiger partial charge in [0.2, 0.25) is 0 Å². The maximum atomic E-state index is 13.0. The normalized spacial score (nSPS) is 12.4. The fourth-order valence-corrected chi connectivity index (χ4v) is 2.34. The summed E-state index contributed by atoms with van der Waals surface area (Å²) in [4.78, 5) is 4.96. The Bertz CT molecular complexity index is 476. The van der Waals surface area contributed by atoms with Crippen LogP contribution in [0.25, 0.3) is 0 Å². The number of nitrogens with two attached hydrogens (primary N) is 1. The molecule has 4 heteroatoms. The van der Waals surface area contributed by atoms with Crippen molar-refractivity contribution in [2.45, 2.75) is 10.9 Å². The van der Waals surface area contributed by atoms with Gasteiger partial charge in [0.05, 0.1) is 6.20 Å². The summed E-state index contributed by atoms with van der Waals surface area (Å²) < 4.78 is 13.0. The Balaban J connectivity index is 1.96. The first kappa shape index (κ1) is 12.1. The van der Waals surface area contributed by atoms with E-state index in [-0.39, 0.29) is 11.9 Å². The number of hydrogen-bond acceptors (Lipinski definition) is 3. The Labute approximate surface area is 104 Å². The SMILES string of the molecule is NC(CSc1ccccc1)c1cncc(F)c1. The zero-order chi connectivity index (χ0) is 12.1. The number of benzene rings is 1. The molecule has 0 fully saturated rings. The Morgan fingerprint density at radius 1 is 1.24 bits per heavy atom. The maximum absolute atomic E-state index is 13.0. The summed E-state index contributed by atoms with van der Waals surface area (Å²) in [5.41, 5.74) is 6.71. The van der Waals surface area contributed by atoms with Gasteiger partial charge < -0.3 is 5.73 Å². The van der Waals surface area contributed by atoms with Crippen LogP contribution in [0.1, 0.15) is 11.6 Å². The van der Waals surface area contributed by atoms with E-state index in [1.807, 2.05) is 30.3 Å². The number of hydrogen-bond donors (Lipinski definition) is 1. The molecule has 0 radical (unpaired) electrons. The highest BCUT2D eigenvalue weighted by Crippen LogP contribution is 2.22. The summed E-state index contributed by atoms with van der Waals surface area (Å²) in [7, 11) is 0. The first-order valence-electron chi connectivity index (χ1n) is 5.29. The van der Waals surface area contributed by atoms with Gasteiger partial charge in [-0.25, -0.2) is 4.39 Å². The molecule has 0 saturated heterocycles. The lowest BCUT2D eigenvalue weighted by molar-refractivity contribution is 0.615. The zero-order valence-electron chi connectivity index (χ0n) is 9.21. The maximum Gasteiger partial charge on any atom is 0.141 e. The second-order valence-corrected chi connectivity index (χ2v) is 4.76. The molecule has 0 aliphatic carbocycles. The van der Waals surface area contributed by atoms with Crippen LogP contribution in [0.2, 0.25) is 0 Å². The molecule has 0 saturated carbocycles. The second kappa shape index (κ2) is 5.80. The lowest BCUT2D eigenvalue weighted by Crippen LogP contribution is -2.13. The van der Waals surface area contributed by atoms with Crippen LogP contribution in [-0.4, -0.2) is 10.7 Å². The monoisotopic (exact) mass is 248 g/mol. The minimum Gasteiger partial charge on any atom is -0.323 e. The molecule has 0 aliphatic heterocycles. The molecular formula is C13H13FN2S. The van der Waals surface area contributed by atoms with E-state index in [2.05, 4.69) is 4.98 Å². The minimum absolute atomic E-state index is 0.205. The van der Waals surface area contributed by atoms with Gasteiger partial charge in [-0.15, -0.1) is 11.8 Å². The molecule has 1 atom stereocenters. The van der Waals surface area contributed by atoms with Crippen LogP contribution in [0.5, 0.6) is 0 Å². The standard InChI is InChI=1S/C13H13FN2S/c14-11-6-10(7-16-8-11)13(15)9-17-12-4-2-1-3-5-12/h1-8,13H,9,15H2. The topological polar surface area (TPSA) is 38.9 Å². The number of thioether (sulfide) groups is 1. The number of pyridine rings is 1. The summed E-state index contributed by atoms with van der Waals surface area (Å²) in [6.45, 7) is 0. The molecule has 1 unspecified atom stereocenters. The van der Waals surface area contributed by atoms with E-state index in [9.17, 15) is 4.39 Å². The third-order valence-corrected chi connectivity index (χ3v) is 3.46. The minimum atomic E-state index is -0.345. The van der Waals surface area contributed by atoms with Crippen LogP contribution in [0, 0.1) is 5.82 Å². The highest BCUT2D eigenvalue weighted by atomic mass is 32.2. The van der Waals surface area contributed by atoms with Crippen LogP contribution >= 0.6 is 11.8 Å². The van der Waals surface area contributed by atoms with Crippen molar-refractivity contribution >= 4 is 11.8 Å². The first-order chi connectivity index (χ1) is 8.25. The van der Waals surface area contributed by atoms with Crippen molar-refractivity contribution in [3.05, 3.63) is 60.2 Å². The van der Waals surface area contributed by atoms with Gasteiger partial charge in [-0.2, -0.15) is 0 Å². The Hall–Kier alpha value is -1.39. The Morgan fingerprint density at radius 2 is 2.00 bits per heavy atom. The first-order valence-corrected chi connectivity index (χ1v) is 6.28. The molecule has 0 aliphatic rings. The van der Waals surface area contributed by atoms with Crippen molar-refractivity contribution in [3.8, 4) is 0 Å². The fraction of sp³-hybridized carbons (Fsp3) is 0.154. The van der Waals surface area contributed by atoms with E-state index in [1.165, 1.54) is 12.3 Å². The Morgan fingerprint density at radius 3 is 2.71 bits per heavy atom. The predicted molar refractivity (Wildman–Crippen MR) is 68.3 cm³/mol.